The van der Waals surface area contributed by atoms with Gasteiger partial charge in [0.15, 0.2) is 8.07 Å². The highest BCUT2D eigenvalue weighted by atomic mass is 79.9. The second kappa shape index (κ2) is 8.18. The lowest BCUT2D eigenvalue weighted by molar-refractivity contribution is 0.669. The molecule has 6 rings (SSSR count). The minimum Gasteiger partial charge on any atom is -0.456 e. The van der Waals surface area contributed by atoms with E-state index in [4.69, 9.17) is 22.2 Å². The molecule has 0 atom stereocenters. The number of fused-ring (bicyclic) bond motifs is 3. The van der Waals surface area contributed by atoms with Crippen molar-refractivity contribution in [2.24, 2.45) is 0 Å². The van der Waals surface area contributed by atoms with Crippen LogP contribution < -0.4 is 20.7 Å². The van der Waals surface area contributed by atoms with Crippen LogP contribution in [0, 0.1) is 0 Å². The van der Waals surface area contributed by atoms with E-state index in [9.17, 15) is 11.0 Å². The Morgan fingerprint density at radius 1 is 0.515 bits per heavy atom. The third-order valence-electron chi connectivity index (χ3n) is 4.98. The smallest absolute Gasteiger partial charge is 0.179 e. The summed E-state index contributed by atoms with van der Waals surface area (Å²) in [5.74, 6) is 0. The monoisotopic (exact) mass is 525 g/mol. The van der Waals surface area contributed by atoms with Gasteiger partial charge in [-0.05, 0) is 44.9 Å². The largest absolute Gasteiger partial charge is 0.456 e. The first-order valence-corrected chi connectivity index (χ1v) is 12.1. The van der Waals surface area contributed by atoms with Crippen LogP contribution in [0.4, 0.5) is 0 Å². The molecule has 3 heteroatoms. The summed E-state index contributed by atoms with van der Waals surface area (Å²) in [6.07, 6.45) is 0. The highest BCUT2D eigenvalue weighted by molar-refractivity contribution is 9.10. The average molecular weight is 527 g/mol. The second-order valence-corrected chi connectivity index (χ2v) is 11.0. The van der Waals surface area contributed by atoms with Crippen molar-refractivity contribution in [2.75, 3.05) is 0 Å². The maximum atomic E-state index is 9.74. The molecular weight excluding hydrogens is 484 g/mol. The number of furan rings is 1. The lowest BCUT2D eigenvalue weighted by atomic mass is 10.1. The van der Waals surface area contributed by atoms with Crippen LogP contribution in [0.5, 0.6) is 0 Å². The lowest BCUT2D eigenvalue weighted by Crippen LogP contribution is -2.74. The number of benzene rings is 5. The van der Waals surface area contributed by atoms with Gasteiger partial charge in [0.1, 0.15) is 11.2 Å². The molecule has 0 unspecified atom stereocenters. The molecule has 0 N–H and O–H groups in total. The van der Waals surface area contributed by atoms with Crippen LogP contribution in [0.2, 0.25) is 0 Å². The molecule has 0 aliphatic rings. The Kier molecular flexibility index (Phi) is 1.94. The minimum absolute atomic E-state index is 0.484. The average Bonchev–Trinajstić information content (AvgIpc) is 3.55. The zero-order valence-corrected chi connectivity index (χ0v) is 18.9. The Morgan fingerprint density at radius 2 is 1.09 bits per heavy atom. The van der Waals surface area contributed by atoms with Gasteiger partial charge in [-0.2, -0.15) is 0 Å². The van der Waals surface area contributed by atoms with Gasteiger partial charge in [-0.15, -0.1) is 0 Å². The summed E-state index contributed by atoms with van der Waals surface area (Å²) in [6, 6.07) is -20.1. The normalized spacial score (nSPS) is 20.7. The molecule has 0 saturated carbocycles. The van der Waals surface area contributed by atoms with Gasteiger partial charge in [0.25, 0.3) is 0 Å². The highest BCUT2D eigenvalue weighted by Crippen LogP contribution is 2.28. The van der Waals surface area contributed by atoms with E-state index < -0.39 is 182 Å². The van der Waals surface area contributed by atoms with Crippen molar-refractivity contribution in [1.29, 1.82) is 0 Å². The topological polar surface area (TPSA) is 13.1 Å². The molecule has 5 aromatic carbocycles. The van der Waals surface area contributed by atoms with Crippen LogP contribution >= 0.6 is 15.9 Å². The van der Waals surface area contributed by atoms with Gasteiger partial charge in [-0.1, -0.05) is 119 Å². The van der Waals surface area contributed by atoms with E-state index >= 15 is 0 Å². The predicted molar refractivity (Wildman–Crippen MR) is 145 cm³/mol. The Labute approximate surface area is 232 Å². The molecule has 1 aromatic heterocycles. The summed E-state index contributed by atoms with van der Waals surface area (Å²) >= 11 is 3.05. The van der Waals surface area contributed by atoms with Crippen molar-refractivity contribution < 1.29 is 33.2 Å². The summed E-state index contributed by atoms with van der Waals surface area (Å²) < 4.78 is 191. The zero-order chi connectivity index (χ0) is 40.5. The number of halogens is 1. The predicted octanol–water partition coefficient (Wildman–Crippen LogP) is 5.73. The Hall–Kier alpha value is -3.40. The molecule has 0 amide bonds. The van der Waals surface area contributed by atoms with E-state index in [2.05, 4.69) is 15.9 Å². The van der Waals surface area contributed by atoms with E-state index in [-0.39, 0.29) is 0 Å². The van der Waals surface area contributed by atoms with Crippen molar-refractivity contribution in [3.8, 4) is 0 Å². The van der Waals surface area contributed by atoms with Crippen molar-refractivity contribution in [3.63, 3.8) is 0 Å². The quantitative estimate of drug-likeness (QED) is 0.211. The molecule has 0 aliphatic carbocycles. The molecule has 0 saturated heterocycles. The Bertz CT molecular complexity index is 2450. The fourth-order valence-corrected chi connectivity index (χ4v) is 7.73. The molecule has 1 nitrogen and oxygen atoms in total. The number of hydrogen-bond acceptors (Lipinski definition) is 1. The standard InChI is InChI=1S/C30H21BrOSi/c31-22-10-9-15-25(20-22)33(23-11-3-1-4-12-23,24-13-5-2-6-14-24)26-18-19-30-28(21-26)27-16-7-8-17-29(27)32-30/h1-21H/i1D,2D,3D,4D,5D,6D,7D,8D,9D,10D,11D,12D,13D,14D,15D,16D,17D,18D,19D,20D,21D. The zero-order valence-electron chi connectivity index (χ0n) is 37.3. The van der Waals surface area contributed by atoms with Gasteiger partial charge >= 0.3 is 0 Å². The Balaban J connectivity index is 2.16. The van der Waals surface area contributed by atoms with Crippen LogP contribution in [0.25, 0.3) is 21.9 Å². The van der Waals surface area contributed by atoms with Gasteiger partial charge in [0.2, 0.25) is 0 Å². The summed E-state index contributed by atoms with van der Waals surface area (Å²) in [5, 5.41) is -4.63. The third-order valence-corrected chi connectivity index (χ3v) is 9.38. The summed E-state index contributed by atoms with van der Waals surface area (Å²) in [7, 11) is -5.91. The first-order chi connectivity index (χ1) is 25.0. The molecule has 0 fully saturated rings. The summed E-state index contributed by atoms with van der Waals surface area (Å²) in [4.78, 5) is 0. The molecule has 0 spiro atoms. The molecule has 1 heterocycles. The minimum atomic E-state index is -5.91. The first-order valence-electron chi connectivity index (χ1n) is 19.8. The van der Waals surface area contributed by atoms with E-state index in [0.29, 0.717) is 0 Å². The summed E-state index contributed by atoms with van der Waals surface area (Å²) in [6.45, 7) is 0. The van der Waals surface area contributed by atoms with Gasteiger partial charge in [-0.25, -0.2) is 0 Å². The number of rotatable bonds is 4. The van der Waals surface area contributed by atoms with E-state index in [1.807, 2.05) is 0 Å². The maximum Gasteiger partial charge on any atom is 0.179 e. The fraction of sp³-hybridized carbons (Fsp3) is 0. The molecule has 158 valence electrons. The van der Waals surface area contributed by atoms with Gasteiger partial charge in [-0.3, -0.25) is 0 Å². The molecular formula is C30H21BrOSi. The van der Waals surface area contributed by atoms with E-state index in [1.165, 1.54) is 0 Å². The van der Waals surface area contributed by atoms with Gasteiger partial charge in [0, 0.05) is 15.2 Å². The van der Waals surface area contributed by atoms with Gasteiger partial charge in [0.05, 0.1) is 28.8 Å². The van der Waals surface area contributed by atoms with Crippen LogP contribution in [0.1, 0.15) is 28.8 Å². The maximum absolute atomic E-state index is 9.74. The first kappa shape index (κ1) is 7.83. The molecule has 0 bridgehead atoms. The third kappa shape index (κ3) is 3.27. The molecule has 0 radical (unpaired) electrons. The van der Waals surface area contributed by atoms with E-state index in [0.717, 1.165) is 0 Å². The SMILES string of the molecule is [2H]c1c([2H])c([2H])c([Si](c2c([2H])c([2H])c([2H])c([2H])c2[2H])(c2c([2H])c([2H])c([2H])c(Br)c2[2H])c2c([2H])c([2H])c3oc4c([2H])c([2H])c([2H])c([2H])c4c3c2[2H])c([2H])c1[2H]. The van der Waals surface area contributed by atoms with Crippen molar-refractivity contribution in [1.82, 2.24) is 0 Å². The van der Waals surface area contributed by atoms with Crippen LogP contribution in [-0.4, -0.2) is 8.07 Å². The molecule has 6 aromatic rings. The van der Waals surface area contributed by atoms with Crippen LogP contribution in [-0.2, 0) is 0 Å². The van der Waals surface area contributed by atoms with E-state index in [1.54, 1.807) is 0 Å². The van der Waals surface area contributed by atoms with Gasteiger partial charge < -0.3 is 4.42 Å². The second-order valence-electron chi connectivity index (χ2n) is 6.70. The molecule has 0 aliphatic heterocycles. The van der Waals surface area contributed by atoms with Crippen molar-refractivity contribution in [3.05, 3.63) is 131 Å². The number of para-hydroxylation sites is 1. The van der Waals surface area contributed by atoms with Crippen LogP contribution in [0.15, 0.2) is 136 Å². The number of hydrogen-bond donors (Lipinski definition) is 0. The van der Waals surface area contributed by atoms with Crippen LogP contribution in [0.3, 0.4) is 0 Å². The summed E-state index contributed by atoms with van der Waals surface area (Å²) in [5.41, 5.74) is -1.17. The Morgan fingerprint density at radius 3 is 1.82 bits per heavy atom. The van der Waals surface area contributed by atoms with Crippen molar-refractivity contribution in [2.45, 2.75) is 0 Å². The lowest BCUT2D eigenvalue weighted by Gasteiger charge is -2.34. The fourth-order valence-electron chi connectivity index (χ4n) is 3.62. The van der Waals surface area contributed by atoms with Crippen molar-refractivity contribution >= 4 is 66.7 Å². The highest BCUT2D eigenvalue weighted by Gasteiger charge is 2.41. The molecule has 33 heavy (non-hydrogen) atoms.